The van der Waals surface area contributed by atoms with Gasteiger partial charge in [0.1, 0.15) is 17.0 Å². The molecular formula is C22H31N5O2. The van der Waals surface area contributed by atoms with Gasteiger partial charge in [-0.25, -0.2) is 4.98 Å². The molecule has 156 valence electrons. The third-order valence-corrected chi connectivity index (χ3v) is 5.90. The van der Waals surface area contributed by atoms with Crippen LogP contribution in [-0.2, 0) is 10.3 Å². The Hall–Kier alpha value is -2.51. The third kappa shape index (κ3) is 3.84. The van der Waals surface area contributed by atoms with Gasteiger partial charge >= 0.3 is 0 Å². The zero-order chi connectivity index (χ0) is 21.4. The number of anilines is 1. The lowest BCUT2D eigenvalue weighted by molar-refractivity contribution is -0.0457. The number of fused-ring (bicyclic) bond motifs is 1. The van der Waals surface area contributed by atoms with E-state index in [0.717, 1.165) is 29.5 Å². The summed E-state index contributed by atoms with van der Waals surface area (Å²) in [6.07, 6.45) is 4.30. The lowest BCUT2D eigenvalue weighted by Gasteiger charge is -2.40. The van der Waals surface area contributed by atoms with E-state index < -0.39 is 11.0 Å². The van der Waals surface area contributed by atoms with Gasteiger partial charge in [-0.2, -0.15) is 0 Å². The molecule has 2 aromatic heterocycles. The topological polar surface area (TPSA) is 108 Å². The molecule has 4 N–H and O–H groups in total. The third-order valence-electron chi connectivity index (χ3n) is 5.90. The smallest absolute Gasteiger partial charge is 0.130 e. The minimum atomic E-state index is -1.11. The van der Waals surface area contributed by atoms with Gasteiger partial charge in [0.25, 0.3) is 0 Å². The first kappa shape index (κ1) is 21.2. The van der Waals surface area contributed by atoms with Gasteiger partial charge in [-0.05, 0) is 43.0 Å². The molecule has 0 amide bonds. The molecule has 0 radical (unpaired) electrons. The highest BCUT2D eigenvalue weighted by atomic mass is 16.5. The Morgan fingerprint density at radius 1 is 1.38 bits per heavy atom. The Bertz CT molecular complexity index is 946. The second-order valence-electron chi connectivity index (χ2n) is 8.81. The molecule has 0 aliphatic carbocycles. The van der Waals surface area contributed by atoms with Crippen LogP contribution in [0.1, 0.15) is 45.9 Å². The van der Waals surface area contributed by atoms with Crippen molar-refractivity contribution in [2.24, 2.45) is 11.1 Å². The van der Waals surface area contributed by atoms with Gasteiger partial charge < -0.3 is 25.9 Å². The monoisotopic (exact) mass is 397 g/mol. The summed E-state index contributed by atoms with van der Waals surface area (Å²) in [5, 5.41) is 19.7. The highest BCUT2D eigenvalue weighted by Gasteiger charge is 2.39. The number of hydrogen-bond acceptors (Lipinski definition) is 7. The number of nitrogens with zero attached hydrogens (tertiary/aromatic N) is 3. The first-order chi connectivity index (χ1) is 13.6. The Balaban J connectivity index is 2.35. The first-order valence-electron chi connectivity index (χ1n) is 9.91. The lowest BCUT2D eigenvalue weighted by atomic mass is 9.72. The fourth-order valence-electron chi connectivity index (χ4n) is 3.54. The number of nitrogens with one attached hydrogen (secondary N) is 1. The van der Waals surface area contributed by atoms with Gasteiger partial charge in [-0.1, -0.05) is 20.8 Å². The highest BCUT2D eigenvalue weighted by Crippen LogP contribution is 2.43. The molecule has 0 bridgehead atoms. The Labute approximate surface area is 172 Å². The predicted molar refractivity (Wildman–Crippen MR) is 117 cm³/mol. The largest absolute Gasteiger partial charge is 0.397 e. The summed E-state index contributed by atoms with van der Waals surface area (Å²) in [6.45, 7) is 12.0. The van der Waals surface area contributed by atoms with Gasteiger partial charge in [0, 0.05) is 24.3 Å². The number of aliphatic hydroxyl groups is 1. The van der Waals surface area contributed by atoms with Crippen LogP contribution in [0.3, 0.4) is 0 Å². The van der Waals surface area contributed by atoms with Gasteiger partial charge in [0.05, 0.1) is 30.6 Å². The Kier molecular flexibility index (Phi) is 5.65. The van der Waals surface area contributed by atoms with Gasteiger partial charge in [0.2, 0.25) is 0 Å². The van der Waals surface area contributed by atoms with Crippen molar-refractivity contribution >= 4 is 28.6 Å². The first-order valence-corrected chi connectivity index (χ1v) is 9.91. The quantitative estimate of drug-likeness (QED) is 0.684. The SMILES string of the molecule is CC1COCCN1c1cc(C(C)(O)C(C)(C)C)c2ccnc(C(N)=CC=N)c2n1. The zero-order valence-corrected chi connectivity index (χ0v) is 17.9. The summed E-state index contributed by atoms with van der Waals surface area (Å²) in [6, 6.07) is 4.01. The summed E-state index contributed by atoms with van der Waals surface area (Å²) in [7, 11) is 0. The van der Waals surface area contributed by atoms with Crippen LogP contribution in [0.15, 0.2) is 24.4 Å². The molecule has 7 heteroatoms. The minimum Gasteiger partial charge on any atom is -0.397 e. The highest BCUT2D eigenvalue weighted by molar-refractivity contribution is 5.94. The molecule has 2 aromatic rings. The molecule has 0 aromatic carbocycles. The van der Waals surface area contributed by atoms with E-state index in [0.29, 0.717) is 30.1 Å². The van der Waals surface area contributed by atoms with Gasteiger partial charge in [-0.3, -0.25) is 4.98 Å². The second-order valence-corrected chi connectivity index (χ2v) is 8.81. The fraction of sp³-hybridized carbons (Fsp3) is 0.500. The van der Waals surface area contributed by atoms with Crippen molar-refractivity contribution in [3.63, 3.8) is 0 Å². The number of rotatable bonds is 4. The molecule has 3 rings (SSSR count). The maximum absolute atomic E-state index is 11.6. The molecule has 1 aliphatic rings. The van der Waals surface area contributed by atoms with Crippen molar-refractivity contribution in [2.45, 2.75) is 46.3 Å². The van der Waals surface area contributed by atoms with Crippen LogP contribution in [0.4, 0.5) is 5.82 Å². The molecule has 1 saturated heterocycles. The van der Waals surface area contributed by atoms with Crippen LogP contribution in [0, 0.1) is 10.8 Å². The Morgan fingerprint density at radius 2 is 2.10 bits per heavy atom. The van der Waals surface area contributed by atoms with E-state index >= 15 is 0 Å². The number of aromatic nitrogens is 2. The summed E-state index contributed by atoms with van der Waals surface area (Å²) >= 11 is 0. The number of ether oxygens (including phenoxy) is 1. The number of hydrogen-bond donors (Lipinski definition) is 3. The summed E-state index contributed by atoms with van der Waals surface area (Å²) in [4.78, 5) is 11.5. The van der Waals surface area contributed by atoms with Crippen molar-refractivity contribution in [3.8, 4) is 0 Å². The van der Waals surface area contributed by atoms with Crippen LogP contribution in [0.25, 0.3) is 16.6 Å². The number of morpholine rings is 1. The summed E-state index contributed by atoms with van der Waals surface area (Å²) in [5.74, 6) is 0.768. The fourth-order valence-corrected chi connectivity index (χ4v) is 3.54. The van der Waals surface area contributed by atoms with Crippen LogP contribution >= 0.6 is 0 Å². The molecule has 1 fully saturated rings. The summed E-state index contributed by atoms with van der Waals surface area (Å²) in [5.41, 5.74) is 6.95. The van der Waals surface area contributed by atoms with E-state index in [-0.39, 0.29) is 6.04 Å². The second kappa shape index (κ2) is 7.72. The molecule has 7 nitrogen and oxygen atoms in total. The number of nitrogens with two attached hydrogens (primary N) is 1. The van der Waals surface area contributed by atoms with E-state index in [1.54, 1.807) is 6.20 Å². The standard InChI is InChI=1S/C22H31N5O2/c1-14-13-29-11-10-27(14)18-12-16(22(5,28)21(2,3)4)15-7-9-25-20(19(15)26-18)17(24)6-8-23/h6-9,12,14,23,28H,10-11,13,24H2,1-5H3. The van der Waals surface area contributed by atoms with E-state index in [1.165, 1.54) is 6.08 Å². The van der Waals surface area contributed by atoms with Crippen molar-refractivity contribution in [1.82, 2.24) is 9.97 Å². The van der Waals surface area contributed by atoms with Crippen LogP contribution in [-0.4, -0.2) is 47.1 Å². The molecule has 29 heavy (non-hydrogen) atoms. The maximum Gasteiger partial charge on any atom is 0.130 e. The summed E-state index contributed by atoms with van der Waals surface area (Å²) < 4.78 is 5.58. The molecule has 1 aliphatic heterocycles. The average molecular weight is 398 g/mol. The number of allylic oxidation sites excluding steroid dienone is 1. The molecule has 3 heterocycles. The number of pyridine rings is 2. The predicted octanol–water partition coefficient (Wildman–Crippen LogP) is 3.06. The lowest BCUT2D eigenvalue weighted by Crippen LogP contribution is -2.44. The van der Waals surface area contributed by atoms with E-state index in [2.05, 4.69) is 16.8 Å². The molecule has 2 unspecified atom stereocenters. The van der Waals surface area contributed by atoms with Crippen LogP contribution in [0.5, 0.6) is 0 Å². The van der Waals surface area contributed by atoms with E-state index in [4.69, 9.17) is 20.9 Å². The minimum absolute atomic E-state index is 0.163. The van der Waals surface area contributed by atoms with Crippen molar-refractivity contribution in [2.75, 3.05) is 24.7 Å². The van der Waals surface area contributed by atoms with Crippen molar-refractivity contribution in [3.05, 3.63) is 35.7 Å². The van der Waals surface area contributed by atoms with Crippen molar-refractivity contribution < 1.29 is 9.84 Å². The maximum atomic E-state index is 11.6. The van der Waals surface area contributed by atoms with E-state index in [9.17, 15) is 5.11 Å². The average Bonchev–Trinajstić information content (AvgIpc) is 2.66. The van der Waals surface area contributed by atoms with Gasteiger partial charge in [0.15, 0.2) is 0 Å². The molecule has 0 spiro atoms. The molecule has 2 atom stereocenters. The zero-order valence-electron chi connectivity index (χ0n) is 17.9. The van der Waals surface area contributed by atoms with Gasteiger partial charge in [-0.15, -0.1) is 0 Å². The normalized spacial score (nSPS) is 20.6. The molecular weight excluding hydrogens is 366 g/mol. The Morgan fingerprint density at radius 3 is 2.72 bits per heavy atom. The molecule has 0 saturated carbocycles. The van der Waals surface area contributed by atoms with Crippen molar-refractivity contribution in [1.29, 1.82) is 5.41 Å². The van der Waals surface area contributed by atoms with E-state index in [1.807, 2.05) is 39.8 Å². The van der Waals surface area contributed by atoms with Crippen LogP contribution in [0.2, 0.25) is 0 Å². The van der Waals surface area contributed by atoms with Crippen LogP contribution < -0.4 is 10.6 Å².